The zero-order valence-electron chi connectivity index (χ0n) is 16.8. The fourth-order valence-electron chi connectivity index (χ4n) is 4.12. The molecule has 2 aromatic carbocycles. The Hall–Kier alpha value is -2.31. The Labute approximate surface area is 177 Å². The molecule has 1 fully saturated rings. The van der Waals surface area contributed by atoms with Crippen LogP contribution in [0.5, 0.6) is 0 Å². The third kappa shape index (κ3) is 3.79. The molecule has 2 aliphatic heterocycles. The number of aryl methyl sites for hydroxylation is 1. The lowest BCUT2D eigenvalue weighted by Gasteiger charge is -2.42. The number of hydrogen-bond acceptors (Lipinski definition) is 4. The third-order valence-corrected chi connectivity index (χ3v) is 7.23. The van der Waals surface area contributed by atoms with Gasteiger partial charge in [-0.1, -0.05) is 35.9 Å². The van der Waals surface area contributed by atoms with Gasteiger partial charge in [-0.05, 0) is 56.2 Å². The van der Waals surface area contributed by atoms with Gasteiger partial charge in [0.05, 0.1) is 0 Å². The second-order valence-corrected chi connectivity index (χ2v) is 9.66. The molecule has 0 N–H and O–H groups in total. The fraction of sp³-hybridized carbons (Fsp3) is 0.318. The molecule has 0 amide bonds. The van der Waals surface area contributed by atoms with Crippen molar-refractivity contribution in [2.24, 2.45) is 4.40 Å². The Morgan fingerprint density at radius 2 is 1.79 bits per heavy atom. The molecule has 4 rings (SSSR count). The first-order valence-electron chi connectivity index (χ1n) is 9.67. The maximum Gasteiger partial charge on any atom is 0.285 e. The lowest BCUT2D eigenvalue weighted by Crippen LogP contribution is -2.53. The highest BCUT2D eigenvalue weighted by Crippen LogP contribution is 2.35. The van der Waals surface area contributed by atoms with Crippen LogP contribution in [0, 0.1) is 6.92 Å². The van der Waals surface area contributed by atoms with E-state index in [4.69, 9.17) is 11.6 Å². The summed E-state index contributed by atoms with van der Waals surface area (Å²) in [4.78, 5) is 4.73. The van der Waals surface area contributed by atoms with Crippen LogP contribution in [0.1, 0.15) is 25.0 Å². The zero-order chi connectivity index (χ0) is 20.8. The van der Waals surface area contributed by atoms with Gasteiger partial charge < -0.3 is 9.80 Å². The summed E-state index contributed by atoms with van der Waals surface area (Å²) >= 11 is 5.96. The first-order valence-corrected chi connectivity index (χ1v) is 11.5. The van der Waals surface area contributed by atoms with Gasteiger partial charge in [-0.25, -0.2) is 0 Å². The Morgan fingerprint density at radius 1 is 1.07 bits per heavy atom. The number of sulfonamides is 1. The number of rotatable bonds is 2. The number of halogens is 1. The molecule has 0 spiro atoms. The molecule has 2 aliphatic rings. The van der Waals surface area contributed by atoms with Crippen LogP contribution >= 0.6 is 11.6 Å². The van der Waals surface area contributed by atoms with Crippen molar-refractivity contribution in [2.45, 2.75) is 26.8 Å². The summed E-state index contributed by atoms with van der Waals surface area (Å²) in [5, 5.41) is 0.574. The lowest BCUT2D eigenvalue weighted by atomic mass is 10.1. The van der Waals surface area contributed by atoms with Gasteiger partial charge in [0.1, 0.15) is 10.7 Å². The van der Waals surface area contributed by atoms with Crippen molar-refractivity contribution in [2.75, 3.05) is 24.5 Å². The number of benzene rings is 2. The molecule has 1 atom stereocenters. The van der Waals surface area contributed by atoms with Crippen molar-refractivity contribution in [3.05, 3.63) is 70.3 Å². The minimum absolute atomic E-state index is 0.239. The molecule has 0 unspecified atom stereocenters. The van der Waals surface area contributed by atoms with E-state index in [1.807, 2.05) is 6.92 Å². The SMILES string of the molecule is CC1=C(c2ccc(Cl)cc2)S(=O)(=O)N=C1N1CCN(c2cccc(C)c2)[C@H](C)C1. The average molecular weight is 430 g/mol. The van der Waals surface area contributed by atoms with Gasteiger partial charge in [-0.2, -0.15) is 8.42 Å². The first-order chi connectivity index (χ1) is 13.8. The van der Waals surface area contributed by atoms with Gasteiger partial charge in [0.25, 0.3) is 10.0 Å². The molecule has 2 heterocycles. The van der Waals surface area contributed by atoms with Crippen molar-refractivity contribution in [1.82, 2.24) is 4.90 Å². The Balaban J connectivity index is 1.60. The smallest absolute Gasteiger partial charge is 0.285 e. The second kappa shape index (κ2) is 7.50. The predicted molar refractivity (Wildman–Crippen MR) is 120 cm³/mol. The highest BCUT2D eigenvalue weighted by molar-refractivity contribution is 8.00. The molecule has 0 saturated carbocycles. The molecule has 152 valence electrons. The monoisotopic (exact) mass is 429 g/mol. The summed E-state index contributed by atoms with van der Waals surface area (Å²) in [6.45, 7) is 8.34. The van der Waals surface area contributed by atoms with Crippen LogP contribution in [-0.4, -0.2) is 44.8 Å². The van der Waals surface area contributed by atoms with Crippen LogP contribution in [0.25, 0.3) is 4.91 Å². The Bertz CT molecular complexity index is 1110. The fourth-order valence-corrected chi connectivity index (χ4v) is 5.73. The zero-order valence-corrected chi connectivity index (χ0v) is 18.3. The van der Waals surface area contributed by atoms with E-state index in [0.29, 0.717) is 28.5 Å². The van der Waals surface area contributed by atoms with Crippen molar-refractivity contribution in [3.8, 4) is 0 Å². The van der Waals surface area contributed by atoms with Gasteiger partial charge >= 0.3 is 0 Å². The highest BCUT2D eigenvalue weighted by Gasteiger charge is 2.36. The van der Waals surface area contributed by atoms with Crippen molar-refractivity contribution < 1.29 is 8.42 Å². The number of amidine groups is 1. The summed E-state index contributed by atoms with van der Waals surface area (Å²) in [7, 11) is -3.72. The molecular formula is C22H24ClN3O2S. The standard InChI is InChI=1S/C22H24ClN3O2S/c1-15-5-4-6-20(13-15)26-12-11-25(14-16(26)2)22-17(3)21(29(27,28)24-22)18-7-9-19(23)10-8-18/h4-10,13,16H,11-12,14H2,1-3H3/t16-/m1/s1. The minimum Gasteiger partial charge on any atom is -0.365 e. The van der Waals surface area contributed by atoms with Crippen molar-refractivity contribution in [1.29, 1.82) is 0 Å². The second-order valence-electron chi connectivity index (χ2n) is 7.68. The molecule has 0 radical (unpaired) electrons. The summed E-state index contributed by atoms with van der Waals surface area (Å²) in [6, 6.07) is 15.6. The summed E-state index contributed by atoms with van der Waals surface area (Å²) < 4.78 is 29.7. The quantitative estimate of drug-likeness (QED) is 0.712. The van der Waals surface area contributed by atoms with Crippen LogP contribution in [0.4, 0.5) is 5.69 Å². The van der Waals surface area contributed by atoms with Crippen LogP contribution in [0.3, 0.4) is 0 Å². The number of nitrogens with zero attached hydrogens (tertiary/aromatic N) is 3. The Morgan fingerprint density at radius 3 is 2.45 bits per heavy atom. The van der Waals surface area contributed by atoms with Crippen LogP contribution < -0.4 is 4.90 Å². The van der Waals surface area contributed by atoms with E-state index in [0.717, 1.165) is 13.1 Å². The van der Waals surface area contributed by atoms with E-state index in [1.54, 1.807) is 24.3 Å². The average Bonchev–Trinajstić information content (AvgIpc) is 2.91. The van der Waals surface area contributed by atoms with Crippen LogP contribution in [-0.2, 0) is 10.0 Å². The molecule has 2 aromatic rings. The molecule has 0 bridgehead atoms. The highest BCUT2D eigenvalue weighted by atomic mass is 35.5. The van der Waals surface area contributed by atoms with Crippen molar-refractivity contribution >= 4 is 38.1 Å². The molecule has 0 aliphatic carbocycles. The van der Waals surface area contributed by atoms with E-state index in [2.05, 4.69) is 52.3 Å². The third-order valence-electron chi connectivity index (χ3n) is 5.51. The molecule has 7 heteroatoms. The van der Waals surface area contributed by atoms with Crippen LogP contribution in [0.2, 0.25) is 5.02 Å². The number of hydrogen-bond donors (Lipinski definition) is 0. The number of piperazine rings is 1. The van der Waals surface area contributed by atoms with Gasteiger partial charge in [0.2, 0.25) is 0 Å². The topological polar surface area (TPSA) is 53.0 Å². The van der Waals surface area contributed by atoms with Gasteiger partial charge in [0, 0.05) is 42.0 Å². The predicted octanol–water partition coefficient (Wildman–Crippen LogP) is 4.33. The van der Waals surface area contributed by atoms with Gasteiger partial charge in [0.15, 0.2) is 0 Å². The molecular weight excluding hydrogens is 406 g/mol. The number of anilines is 1. The Kier molecular flexibility index (Phi) is 5.17. The minimum atomic E-state index is -3.72. The van der Waals surface area contributed by atoms with E-state index in [1.165, 1.54) is 11.3 Å². The molecule has 29 heavy (non-hydrogen) atoms. The molecule has 0 aromatic heterocycles. The maximum atomic E-state index is 12.8. The summed E-state index contributed by atoms with van der Waals surface area (Å²) in [6.07, 6.45) is 0. The molecule has 5 nitrogen and oxygen atoms in total. The summed E-state index contributed by atoms with van der Waals surface area (Å²) in [5.74, 6) is 0.561. The largest absolute Gasteiger partial charge is 0.365 e. The van der Waals surface area contributed by atoms with E-state index >= 15 is 0 Å². The van der Waals surface area contributed by atoms with E-state index < -0.39 is 10.0 Å². The van der Waals surface area contributed by atoms with Gasteiger partial charge in [-0.15, -0.1) is 4.40 Å². The first kappa shape index (κ1) is 20.0. The normalized spacial score (nSPS) is 21.5. The van der Waals surface area contributed by atoms with E-state index in [-0.39, 0.29) is 10.9 Å². The summed E-state index contributed by atoms with van der Waals surface area (Å²) in [5.41, 5.74) is 3.75. The maximum absolute atomic E-state index is 12.8. The lowest BCUT2D eigenvalue weighted by molar-refractivity contribution is 0.339. The van der Waals surface area contributed by atoms with E-state index in [9.17, 15) is 8.42 Å². The van der Waals surface area contributed by atoms with Crippen LogP contribution in [0.15, 0.2) is 58.5 Å². The van der Waals surface area contributed by atoms with Gasteiger partial charge in [-0.3, -0.25) is 0 Å². The molecule has 1 saturated heterocycles. The van der Waals surface area contributed by atoms with Crippen molar-refractivity contribution in [3.63, 3.8) is 0 Å².